The van der Waals surface area contributed by atoms with Crippen LogP contribution in [-0.4, -0.2) is 62.2 Å². The van der Waals surface area contributed by atoms with Crippen LogP contribution in [-0.2, 0) is 30.9 Å². The zero-order valence-electron chi connectivity index (χ0n) is 15.3. The van der Waals surface area contributed by atoms with Crippen molar-refractivity contribution >= 4 is 11.6 Å². The van der Waals surface area contributed by atoms with Gasteiger partial charge in [0.1, 0.15) is 24.8 Å². The summed E-state index contributed by atoms with van der Waals surface area (Å²) in [6, 6.07) is 0.187. The first kappa shape index (κ1) is 18.8. The van der Waals surface area contributed by atoms with Gasteiger partial charge in [0.05, 0.1) is 18.0 Å². The van der Waals surface area contributed by atoms with E-state index >= 15 is 0 Å². The predicted octanol–water partition coefficient (Wildman–Crippen LogP) is -0.291. The van der Waals surface area contributed by atoms with Crippen molar-refractivity contribution in [3.8, 4) is 0 Å². The van der Waals surface area contributed by atoms with Gasteiger partial charge in [0.25, 0.3) is 0 Å². The van der Waals surface area contributed by atoms with E-state index in [4.69, 9.17) is 4.74 Å². The van der Waals surface area contributed by atoms with Crippen LogP contribution in [0.3, 0.4) is 0 Å². The highest BCUT2D eigenvalue weighted by Gasteiger charge is 2.22. The molecule has 0 saturated heterocycles. The van der Waals surface area contributed by atoms with Crippen molar-refractivity contribution in [3.63, 3.8) is 0 Å². The maximum absolute atomic E-state index is 10.7. The molecule has 146 valence electrons. The number of ether oxygens (including phenoxy) is 1. The van der Waals surface area contributed by atoms with Crippen molar-refractivity contribution in [1.29, 1.82) is 0 Å². The molecule has 0 aromatic carbocycles. The van der Waals surface area contributed by atoms with Gasteiger partial charge in [0.2, 0.25) is 0 Å². The lowest BCUT2D eigenvalue weighted by Gasteiger charge is -2.25. The molecule has 3 rings (SSSR count). The number of nitrogens with one attached hydrogen (secondary N) is 2. The molecule has 12 heteroatoms. The van der Waals surface area contributed by atoms with Crippen LogP contribution >= 0.6 is 0 Å². The number of rotatable bonds is 7. The number of nitrogens with zero attached hydrogens (tertiary/aromatic N) is 7. The third-order valence-electron chi connectivity index (χ3n) is 4.20. The first-order valence-corrected chi connectivity index (χ1v) is 8.64. The summed E-state index contributed by atoms with van der Waals surface area (Å²) in [5, 5.41) is 25.7. The van der Waals surface area contributed by atoms with Crippen LogP contribution < -0.4 is 10.6 Å². The molecule has 3 heterocycles. The largest absolute Gasteiger partial charge is 0.377 e. The van der Waals surface area contributed by atoms with Crippen LogP contribution in [0.4, 0.5) is 5.69 Å². The number of hydrogen-bond acceptors (Lipinski definition) is 7. The van der Waals surface area contributed by atoms with E-state index in [1.807, 2.05) is 4.68 Å². The number of fused-ring (bicyclic) bond motifs is 1. The van der Waals surface area contributed by atoms with Crippen molar-refractivity contribution in [2.45, 2.75) is 38.6 Å². The van der Waals surface area contributed by atoms with Crippen molar-refractivity contribution in [3.05, 3.63) is 34.2 Å². The SMILES string of the molecule is CN=C(NCCn1cc([N+](=O)[O-])cn1)NC1CCc2nc(COC)nn2C1. The highest BCUT2D eigenvalue weighted by atomic mass is 16.6. The number of aromatic nitrogens is 5. The lowest BCUT2D eigenvalue weighted by Crippen LogP contribution is -2.47. The van der Waals surface area contributed by atoms with Gasteiger partial charge in [-0.05, 0) is 6.42 Å². The monoisotopic (exact) mass is 377 g/mol. The third-order valence-corrected chi connectivity index (χ3v) is 4.20. The molecule has 0 radical (unpaired) electrons. The maximum atomic E-state index is 10.7. The minimum Gasteiger partial charge on any atom is -0.377 e. The van der Waals surface area contributed by atoms with Gasteiger partial charge in [-0.1, -0.05) is 0 Å². The molecule has 1 aliphatic heterocycles. The topological polar surface area (TPSA) is 137 Å². The van der Waals surface area contributed by atoms with Crippen LogP contribution in [0.1, 0.15) is 18.1 Å². The molecule has 1 aliphatic rings. The first-order valence-electron chi connectivity index (χ1n) is 8.64. The second kappa shape index (κ2) is 8.58. The summed E-state index contributed by atoms with van der Waals surface area (Å²) in [6.45, 7) is 2.15. The Hall–Kier alpha value is -3.02. The molecule has 1 atom stereocenters. The fraction of sp³-hybridized carbons (Fsp3) is 0.600. The Morgan fingerprint density at radius 1 is 1.56 bits per heavy atom. The molecule has 2 N–H and O–H groups in total. The van der Waals surface area contributed by atoms with E-state index in [0.29, 0.717) is 38.0 Å². The van der Waals surface area contributed by atoms with Crippen molar-refractivity contribution in [2.75, 3.05) is 20.7 Å². The minimum atomic E-state index is -0.461. The molecular formula is C15H23N9O3. The van der Waals surface area contributed by atoms with E-state index in [0.717, 1.165) is 18.7 Å². The molecular weight excluding hydrogens is 354 g/mol. The van der Waals surface area contributed by atoms with Gasteiger partial charge in [-0.15, -0.1) is 0 Å². The van der Waals surface area contributed by atoms with E-state index in [1.54, 1.807) is 14.2 Å². The Kier molecular flexibility index (Phi) is 5.96. The zero-order chi connectivity index (χ0) is 19.2. The predicted molar refractivity (Wildman–Crippen MR) is 96.2 cm³/mol. The molecule has 2 aromatic heterocycles. The number of hydrogen-bond donors (Lipinski definition) is 2. The Morgan fingerprint density at radius 2 is 2.41 bits per heavy atom. The van der Waals surface area contributed by atoms with Crippen molar-refractivity contribution in [2.24, 2.45) is 4.99 Å². The Bertz CT molecular complexity index is 813. The molecule has 0 bridgehead atoms. The number of aliphatic imine (C=N–C) groups is 1. The van der Waals surface area contributed by atoms with Gasteiger partial charge in [-0.2, -0.15) is 10.2 Å². The smallest absolute Gasteiger partial charge is 0.306 e. The lowest BCUT2D eigenvalue weighted by molar-refractivity contribution is -0.385. The third kappa shape index (κ3) is 4.78. The molecule has 12 nitrogen and oxygen atoms in total. The summed E-state index contributed by atoms with van der Waals surface area (Å²) >= 11 is 0. The molecule has 0 aliphatic carbocycles. The summed E-state index contributed by atoms with van der Waals surface area (Å²) < 4.78 is 8.52. The van der Waals surface area contributed by atoms with E-state index in [-0.39, 0.29) is 11.7 Å². The fourth-order valence-corrected chi connectivity index (χ4v) is 2.91. The average molecular weight is 377 g/mol. The maximum Gasteiger partial charge on any atom is 0.306 e. The summed E-state index contributed by atoms with van der Waals surface area (Å²) in [4.78, 5) is 18.9. The molecule has 0 fully saturated rings. The minimum absolute atomic E-state index is 0.0174. The van der Waals surface area contributed by atoms with Crippen LogP contribution in [0.2, 0.25) is 0 Å². The summed E-state index contributed by atoms with van der Waals surface area (Å²) in [5.41, 5.74) is -0.0174. The average Bonchev–Trinajstić information content (AvgIpc) is 3.27. The highest BCUT2D eigenvalue weighted by Crippen LogP contribution is 2.13. The Balaban J connectivity index is 1.47. The zero-order valence-corrected chi connectivity index (χ0v) is 15.3. The Morgan fingerprint density at radius 3 is 3.11 bits per heavy atom. The Labute approximate surface area is 155 Å². The molecule has 27 heavy (non-hydrogen) atoms. The summed E-state index contributed by atoms with van der Waals surface area (Å²) in [5.74, 6) is 2.34. The van der Waals surface area contributed by atoms with E-state index < -0.39 is 4.92 Å². The van der Waals surface area contributed by atoms with E-state index in [1.165, 1.54) is 17.1 Å². The molecule has 1 unspecified atom stereocenters. The van der Waals surface area contributed by atoms with Crippen molar-refractivity contribution < 1.29 is 9.66 Å². The van der Waals surface area contributed by atoms with Gasteiger partial charge >= 0.3 is 5.69 Å². The normalized spacial score (nSPS) is 16.8. The van der Waals surface area contributed by atoms with E-state index in [2.05, 4.69) is 30.8 Å². The second-order valence-electron chi connectivity index (χ2n) is 6.16. The van der Waals surface area contributed by atoms with Crippen LogP contribution in [0.25, 0.3) is 0 Å². The quantitative estimate of drug-likeness (QED) is 0.291. The number of nitro groups is 1. The number of aryl methyl sites for hydroxylation is 1. The van der Waals surface area contributed by atoms with Crippen LogP contribution in [0, 0.1) is 10.1 Å². The number of methoxy groups -OCH3 is 1. The molecule has 0 amide bonds. The number of guanidine groups is 1. The molecule has 0 saturated carbocycles. The van der Waals surface area contributed by atoms with Crippen LogP contribution in [0.5, 0.6) is 0 Å². The highest BCUT2D eigenvalue weighted by molar-refractivity contribution is 5.79. The fourth-order valence-electron chi connectivity index (χ4n) is 2.91. The van der Waals surface area contributed by atoms with Gasteiger partial charge in [0, 0.05) is 33.2 Å². The van der Waals surface area contributed by atoms with Gasteiger partial charge in [-0.3, -0.25) is 19.8 Å². The first-order chi connectivity index (χ1) is 13.1. The van der Waals surface area contributed by atoms with Crippen molar-refractivity contribution in [1.82, 2.24) is 35.2 Å². The summed E-state index contributed by atoms with van der Waals surface area (Å²) in [7, 11) is 3.33. The van der Waals surface area contributed by atoms with Gasteiger partial charge in [-0.25, -0.2) is 9.67 Å². The summed E-state index contributed by atoms with van der Waals surface area (Å²) in [6.07, 6.45) is 4.41. The molecule has 0 spiro atoms. The second-order valence-corrected chi connectivity index (χ2v) is 6.16. The van der Waals surface area contributed by atoms with Gasteiger partial charge < -0.3 is 15.4 Å². The standard InChI is InChI=1S/C15H23N9O3/c1-16-15(17-5-6-22-9-12(7-18-22)24(25)26)19-11-3-4-14-20-13(10-27-2)21-23(14)8-11/h7,9,11H,3-6,8,10H2,1-2H3,(H2,16,17,19). The van der Waals surface area contributed by atoms with Crippen LogP contribution in [0.15, 0.2) is 17.4 Å². The van der Waals surface area contributed by atoms with Gasteiger partial charge in [0.15, 0.2) is 11.8 Å². The molecule has 2 aromatic rings. The van der Waals surface area contributed by atoms with E-state index in [9.17, 15) is 10.1 Å². The lowest BCUT2D eigenvalue weighted by atomic mass is 10.1.